The van der Waals surface area contributed by atoms with Crippen molar-refractivity contribution in [3.05, 3.63) is 77.9 Å². The van der Waals surface area contributed by atoms with E-state index in [0.717, 1.165) is 0 Å². The molecule has 2 aromatic carbocycles. The molecule has 0 nitrogen and oxygen atoms in total. The van der Waals surface area contributed by atoms with Gasteiger partial charge in [-0.15, -0.1) is 0 Å². The number of hydrogen-bond acceptors (Lipinski definition) is 0. The molecule has 0 heteroatoms. The van der Waals surface area contributed by atoms with Crippen molar-refractivity contribution < 1.29 is 0 Å². The lowest BCUT2D eigenvalue weighted by molar-refractivity contribution is 0.675. The summed E-state index contributed by atoms with van der Waals surface area (Å²) in [6, 6.07) is 21.4. The van der Waals surface area contributed by atoms with Crippen LogP contribution in [0.5, 0.6) is 0 Å². The Kier molecular flexibility index (Phi) is 6.10. The van der Waals surface area contributed by atoms with Crippen LogP contribution in [-0.4, -0.2) is 0 Å². The Morgan fingerprint density at radius 3 is 1.80 bits per heavy atom. The van der Waals surface area contributed by atoms with Gasteiger partial charge in [0.15, 0.2) is 0 Å². The fourth-order valence-electron chi connectivity index (χ4n) is 2.46. The van der Waals surface area contributed by atoms with E-state index < -0.39 is 0 Å². The van der Waals surface area contributed by atoms with E-state index in [9.17, 15) is 0 Å². The summed E-state index contributed by atoms with van der Waals surface area (Å²) in [5, 5.41) is 0. The van der Waals surface area contributed by atoms with Gasteiger partial charge in [0.25, 0.3) is 0 Å². The highest BCUT2D eigenvalue weighted by atomic mass is 14.1. The van der Waals surface area contributed by atoms with Crippen LogP contribution in [0.15, 0.2) is 66.7 Å². The van der Waals surface area contributed by atoms with Gasteiger partial charge in [-0.1, -0.05) is 92.9 Å². The largest absolute Gasteiger partial charge is 0.0761 e. The fourth-order valence-corrected chi connectivity index (χ4v) is 2.46. The molecule has 0 atom stereocenters. The molecule has 0 bridgehead atoms. The summed E-state index contributed by atoms with van der Waals surface area (Å²) in [7, 11) is 0. The van der Waals surface area contributed by atoms with Crippen LogP contribution < -0.4 is 0 Å². The Morgan fingerprint density at radius 1 is 0.750 bits per heavy atom. The smallest absolute Gasteiger partial charge is 0.0151 e. The molecule has 0 unspecified atom stereocenters. The van der Waals surface area contributed by atoms with E-state index in [0.29, 0.717) is 0 Å². The molecular formula is C20H24. The molecule has 0 amide bonds. The lowest BCUT2D eigenvalue weighted by Crippen LogP contribution is -1.88. The maximum atomic E-state index is 2.40. The highest BCUT2D eigenvalue weighted by Crippen LogP contribution is 2.24. The van der Waals surface area contributed by atoms with Crippen molar-refractivity contribution in [1.29, 1.82) is 0 Å². The predicted octanol–water partition coefficient (Wildman–Crippen LogP) is 6.09. The van der Waals surface area contributed by atoms with E-state index in [1.165, 1.54) is 48.8 Å². The molecule has 0 aliphatic rings. The molecule has 0 aliphatic carbocycles. The first kappa shape index (κ1) is 14.6. The fraction of sp³-hybridized carbons (Fsp3) is 0.300. The van der Waals surface area contributed by atoms with Gasteiger partial charge in [-0.05, 0) is 29.5 Å². The Balaban J connectivity index is 2.15. The first-order valence-electron chi connectivity index (χ1n) is 7.73. The van der Waals surface area contributed by atoms with Gasteiger partial charge in [-0.3, -0.25) is 0 Å². The standard InChI is InChI=1S/C20H24/c1-2-3-4-5-12-17-20(18-13-8-6-9-14-18)19-15-10-7-11-16-19/h6-11,13-17H,2-5,12H2,1H3. The predicted molar refractivity (Wildman–Crippen MR) is 88.7 cm³/mol. The number of allylic oxidation sites excluding steroid dienone is 1. The molecule has 104 valence electrons. The van der Waals surface area contributed by atoms with E-state index in [1.54, 1.807) is 0 Å². The second-order valence-corrected chi connectivity index (χ2v) is 5.20. The van der Waals surface area contributed by atoms with Crippen LogP contribution in [0, 0.1) is 0 Å². The van der Waals surface area contributed by atoms with Crippen molar-refractivity contribution in [3.63, 3.8) is 0 Å². The molecule has 0 heterocycles. The van der Waals surface area contributed by atoms with Gasteiger partial charge in [0.1, 0.15) is 0 Å². The molecule has 0 radical (unpaired) electrons. The Bertz CT molecular complexity index is 467. The SMILES string of the molecule is CCCCCCC=C(c1ccccc1)c1ccccc1. The van der Waals surface area contributed by atoms with Crippen molar-refractivity contribution in [2.24, 2.45) is 0 Å². The molecule has 0 fully saturated rings. The quantitative estimate of drug-likeness (QED) is 0.531. The average molecular weight is 264 g/mol. The summed E-state index contributed by atoms with van der Waals surface area (Å²) in [6.07, 6.45) is 8.84. The van der Waals surface area contributed by atoms with E-state index in [2.05, 4.69) is 73.7 Å². The summed E-state index contributed by atoms with van der Waals surface area (Å²) in [5.74, 6) is 0. The molecule has 0 aliphatic heterocycles. The van der Waals surface area contributed by atoms with Crippen LogP contribution in [-0.2, 0) is 0 Å². The molecule has 0 aromatic heterocycles. The normalized spacial score (nSPS) is 10.2. The number of unbranched alkanes of at least 4 members (excludes halogenated alkanes) is 4. The zero-order valence-corrected chi connectivity index (χ0v) is 12.4. The van der Waals surface area contributed by atoms with Crippen molar-refractivity contribution >= 4 is 5.57 Å². The van der Waals surface area contributed by atoms with E-state index in [1.807, 2.05) is 0 Å². The monoisotopic (exact) mass is 264 g/mol. The van der Waals surface area contributed by atoms with Crippen LogP contribution in [0.4, 0.5) is 0 Å². The van der Waals surface area contributed by atoms with E-state index in [-0.39, 0.29) is 0 Å². The number of benzene rings is 2. The molecule has 20 heavy (non-hydrogen) atoms. The Labute approximate surface area is 123 Å². The minimum Gasteiger partial charge on any atom is -0.0761 e. The van der Waals surface area contributed by atoms with Gasteiger partial charge in [0.2, 0.25) is 0 Å². The number of rotatable bonds is 7. The van der Waals surface area contributed by atoms with Gasteiger partial charge in [-0.25, -0.2) is 0 Å². The zero-order valence-electron chi connectivity index (χ0n) is 12.4. The lowest BCUT2D eigenvalue weighted by atomic mass is 9.96. The van der Waals surface area contributed by atoms with Crippen molar-refractivity contribution in [2.45, 2.75) is 39.0 Å². The maximum absolute atomic E-state index is 2.40. The molecule has 0 saturated carbocycles. The van der Waals surface area contributed by atoms with Gasteiger partial charge in [-0.2, -0.15) is 0 Å². The van der Waals surface area contributed by atoms with Crippen LogP contribution in [0.25, 0.3) is 5.57 Å². The van der Waals surface area contributed by atoms with Crippen molar-refractivity contribution in [3.8, 4) is 0 Å². The highest BCUT2D eigenvalue weighted by molar-refractivity contribution is 5.79. The lowest BCUT2D eigenvalue weighted by Gasteiger charge is -2.08. The van der Waals surface area contributed by atoms with E-state index in [4.69, 9.17) is 0 Å². The molecule has 2 aromatic rings. The van der Waals surface area contributed by atoms with Crippen molar-refractivity contribution in [2.75, 3.05) is 0 Å². The van der Waals surface area contributed by atoms with Crippen LogP contribution >= 0.6 is 0 Å². The summed E-state index contributed by atoms with van der Waals surface area (Å²) >= 11 is 0. The minimum atomic E-state index is 1.17. The third-order valence-corrected chi connectivity index (χ3v) is 3.58. The molecule has 2 rings (SSSR count). The number of hydrogen-bond donors (Lipinski definition) is 0. The summed E-state index contributed by atoms with van der Waals surface area (Å²) < 4.78 is 0. The zero-order chi connectivity index (χ0) is 14.0. The summed E-state index contributed by atoms with van der Waals surface area (Å²) in [5.41, 5.74) is 3.99. The summed E-state index contributed by atoms with van der Waals surface area (Å²) in [6.45, 7) is 2.26. The maximum Gasteiger partial charge on any atom is -0.0151 e. The van der Waals surface area contributed by atoms with Gasteiger partial charge >= 0.3 is 0 Å². The van der Waals surface area contributed by atoms with Crippen LogP contribution in [0.3, 0.4) is 0 Å². The molecule has 0 spiro atoms. The topological polar surface area (TPSA) is 0 Å². The second-order valence-electron chi connectivity index (χ2n) is 5.20. The highest BCUT2D eigenvalue weighted by Gasteiger charge is 2.03. The van der Waals surface area contributed by atoms with Gasteiger partial charge in [0.05, 0.1) is 0 Å². The Morgan fingerprint density at radius 2 is 1.30 bits per heavy atom. The second kappa shape index (κ2) is 8.37. The van der Waals surface area contributed by atoms with Crippen LogP contribution in [0.1, 0.15) is 50.2 Å². The Hall–Kier alpha value is -1.82. The summed E-state index contributed by atoms with van der Waals surface area (Å²) in [4.78, 5) is 0. The average Bonchev–Trinajstić information content (AvgIpc) is 2.53. The van der Waals surface area contributed by atoms with Gasteiger partial charge in [0, 0.05) is 0 Å². The molecular weight excluding hydrogens is 240 g/mol. The van der Waals surface area contributed by atoms with Crippen molar-refractivity contribution in [1.82, 2.24) is 0 Å². The third-order valence-electron chi connectivity index (χ3n) is 3.58. The first-order valence-corrected chi connectivity index (χ1v) is 7.73. The molecule has 0 N–H and O–H groups in total. The first-order chi connectivity index (χ1) is 9.92. The van der Waals surface area contributed by atoms with Gasteiger partial charge < -0.3 is 0 Å². The van der Waals surface area contributed by atoms with E-state index >= 15 is 0 Å². The van der Waals surface area contributed by atoms with Crippen LogP contribution in [0.2, 0.25) is 0 Å². The minimum absolute atomic E-state index is 1.17. The molecule has 0 saturated heterocycles. The third kappa shape index (κ3) is 4.38.